The number of carbonyl (C=O) groups excluding carboxylic acids is 2. The SMILES string of the molecule is CCS(=O)(=O)N1CCN(Cc2ccc(C(=O)Nc3ccc(NC(C)=O)cc3)cc2)CC1. The van der Waals surface area contributed by atoms with E-state index in [1.54, 1.807) is 47.6 Å². The highest BCUT2D eigenvalue weighted by Gasteiger charge is 2.25. The van der Waals surface area contributed by atoms with Crippen LogP contribution in [0.25, 0.3) is 0 Å². The van der Waals surface area contributed by atoms with E-state index in [0.29, 0.717) is 49.7 Å². The van der Waals surface area contributed by atoms with Crippen molar-refractivity contribution in [3.05, 3.63) is 59.7 Å². The van der Waals surface area contributed by atoms with Crippen molar-refractivity contribution in [2.24, 2.45) is 0 Å². The number of benzene rings is 2. The third-order valence-electron chi connectivity index (χ3n) is 5.17. The van der Waals surface area contributed by atoms with Gasteiger partial charge in [-0.25, -0.2) is 8.42 Å². The van der Waals surface area contributed by atoms with E-state index in [9.17, 15) is 18.0 Å². The van der Waals surface area contributed by atoms with Crippen molar-refractivity contribution < 1.29 is 18.0 Å². The van der Waals surface area contributed by atoms with E-state index in [2.05, 4.69) is 15.5 Å². The van der Waals surface area contributed by atoms with Crippen molar-refractivity contribution in [2.75, 3.05) is 42.6 Å². The zero-order chi connectivity index (χ0) is 22.4. The van der Waals surface area contributed by atoms with Crippen LogP contribution in [-0.2, 0) is 21.4 Å². The average Bonchev–Trinajstić information content (AvgIpc) is 2.75. The van der Waals surface area contributed by atoms with Crippen LogP contribution < -0.4 is 10.6 Å². The fraction of sp³-hybridized carbons (Fsp3) is 0.364. The van der Waals surface area contributed by atoms with Gasteiger partial charge in [-0.1, -0.05) is 12.1 Å². The predicted octanol–water partition coefficient (Wildman–Crippen LogP) is 2.36. The number of hydrogen-bond donors (Lipinski definition) is 2. The molecule has 0 aromatic heterocycles. The lowest BCUT2D eigenvalue weighted by molar-refractivity contribution is -0.114. The van der Waals surface area contributed by atoms with Crippen LogP contribution in [0.5, 0.6) is 0 Å². The molecular formula is C22H28N4O4S. The van der Waals surface area contributed by atoms with E-state index in [0.717, 1.165) is 5.56 Å². The molecule has 1 aliphatic heterocycles. The second kappa shape index (κ2) is 10.0. The lowest BCUT2D eigenvalue weighted by Crippen LogP contribution is -2.48. The Labute approximate surface area is 183 Å². The molecule has 166 valence electrons. The van der Waals surface area contributed by atoms with E-state index in [4.69, 9.17) is 0 Å². The first kappa shape index (κ1) is 22.9. The molecule has 8 nitrogen and oxygen atoms in total. The van der Waals surface area contributed by atoms with E-state index < -0.39 is 10.0 Å². The van der Waals surface area contributed by atoms with Crippen molar-refractivity contribution >= 4 is 33.2 Å². The fourth-order valence-electron chi connectivity index (χ4n) is 3.41. The predicted molar refractivity (Wildman–Crippen MR) is 121 cm³/mol. The summed E-state index contributed by atoms with van der Waals surface area (Å²) in [5.74, 6) is -0.224. The number of anilines is 2. The maximum atomic E-state index is 12.5. The van der Waals surface area contributed by atoms with Gasteiger partial charge in [-0.3, -0.25) is 14.5 Å². The maximum absolute atomic E-state index is 12.5. The Kier molecular flexibility index (Phi) is 7.42. The summed E-state index contributed by atoms with van der Waals surface area (Å²) in [7, 11) is -3.12. The van der Waals surface area contributed by atoms with Gasteiger partial charge in [-0.2, -0.15) is 4.31 Å². The molecule has 0 bridgehead atoms. The molecule has 0 unspecified atom stereocenters. The lowest BCUT2D eigenvalue weighted by Gasteiger charge is -2.33. The molecule has 1 saturated heterocycles. The smallest absolute Gasteiger partial charge is 0.255 e. The summed E-state index contributed by atoms with van der Waals surface area (Å²) in [6, 6.07) is 14.3. The van der Waals surface area contributed by atoms with Crippen LogP contribution in [0.1, 0.15) is 29.8 Å². The van der Waals surface area contributed by atoms with Gasteiger partial charge in [0.15, 0.2) is 0 Å². The van der Waals surface area contributed by atoms with Crippen molar-refractivity contribution in [1.82, 2.24) is 9.21 Å². The monoisotopic (exact) mass is 444 g/mol. The molecule has 0 atom stereocenters. The van der Waals surface area contributed by atoms with Crippen LogP contribution in [0, 0.1) is 0 Å². The second-order valence-corrected chi connectivity index (χ2v) is 9.74. The first-order valence-electron chi connectivity index (χ1n) is 10.2. The van der Waals surface area contributed by atoms with Gasteiger partial charge in [0.25, 0.3) is 5.91 Å². The highest BCUT2D eigenvalue weighted by atomic mass is 32.2. The van der Waals surface area contributed by atoms with Crippen molar-refractivity contribution in [3.63, 3.8) is 0 Å². The molecule has 0 saturated carbocycles. The number of carbonyl (C=O) groups is 2. The Balaban J connectivity index is 1.52. The minimum atomic E-state index is -3.12. The molecule has 2 N–H and O–H groups in total. The van der Waals surface area contributed by atoms with Crippen LogP contribution in [0.3, 0.4) is 0 Å². The first-order valence-corrected chi connectivity index (χ1v) is 11.9. The normalized spacial score (nSPS) is 15.4. The summed E-state index contributed by atoms with van der Waals surface area (Å²) < 4.78 is 25.5. The van der Waals surface area contributed by atoms with Gasteiger partial charge in [-0.05, 0) is 48.9 Å². The maximum Gasteiger partial charge on any atom is 0.255 e. The minimum absolute atomic E-state index is 0.135. The van der Waals surface area contributed by atoms with Crippen molar-refractivity contribution in [2.45, 2.75) is 20.4 Å². The number of amides is 2. The van der Waals surface area contributed by atoms with Crippen LogP contribution in [0.2, 0.25) is 0 Å². The molecule has 31 heavy (non-hydrogen) atoms. The highest BCUT2D eigenvalue weighted by Crippen LogP contribution is 2.16. The molecular weight excluding hydrogens is 416 g/mol. The molecule has 9 heteroatoms. The first-order chi connectivity index (χ1) is 14.8. The van der Waals surface area contributed by atoms with Gasteiger partial charge in [0.2, 0.25) is 15.9 Å². The quantitative estimate of drug-likeness (QED) is 0.683. The van der Waals surface area contributed by atoms with Gasteiger partial charge in [-0.15, -0.1) is 0 Å². The number of nitrogens with one attached hydrogen (secondary N) is 2. The van der Waals surface area contributed by atoms with Gasteiger partial charge in [0.05, 0.1) is 5.75 Å². The third-order valence-corrected chi connectivity index (χ3v) is 7.06. The van der Waals surface area contributed by atoms with Gasteiger partial charge in [0.1, 0.15) is 0 Å². The molecule has 1 heterocycles. The molecule has 0 aliphatic carbocycles. The number of sulfonamides is 1. The van der Waals surface area contributed by atoms with Gasteiger partial charge >= 0.3 is 0 Å². The Hall–Kier alpha value is -2.75. The summed E-state index contributed by atoms with van der Waals surface area (Å²) in [5.41, 5.74) is 2.93. The molecule has 1 fully saturated rings. The number of hydrogen-bond acceptors (Lipinski definition) is 5. The van der Waals surface area contributed by atoms with E-state index in [1.165, 1.54) is 6.92 Å². The van der Waals surface area contributed by atoms with Crippen LogP contribution in [0.4, 0.5) is 11.4 Å². The molecule has 0 spiro atoms. The zero-order valence-electron chi connectivity index (χ0n) is 17.8. The summed E-state index contributed by atoms with van der Waals surface area (Å²) in [6.45, 7) is 6.23. The summed E-state index contributed by atoms with van der Waals surface area (Å²) in [4.78, 5) is 25.8. The van der Waals surface area contributed by atoms with Crippen molar-refractivity contribution in [1.29, 1.82) is 0 Å². The average molecular weight is 445 g/mol. The topological polar surface area (TPSA) is 98.8 Å². The highest BCUT2D eigenvalue weighted by molar-refractivity contribution is 7.89. The van der Waals surface area contributed by atoms with E-state index >= 15 is 0 Å². The second-order valence-electron chi connectivity index (χ2n) is 7.49. The minimum Gasteiger partial charge on any atom is -0.326 e. The van der Waals surface area contributed by atoms with Gasteiger partial charge in [0, 0.05) is 56.6 Å². The van der Waals surface area contributed by atoms with Crippen LogP contribution in [-0.4, -0.2) is 61.4 Å². The Morgan fingerprint density at radius 1 is 0.871 bits per heavy atom. The number of piperazine rings is 1. The van der Waals surface area contributed by atoms with E-state index in [-0.39, 0.29) is 17.6 Å². The molecule has 2 aromatic rings. The standard InChI is InChI=1S/C22H28N4O4S/c1-3-31(29,30)26-14-12-25(13-15-26)16-18-4-6-19(7-5-18)22(28)24-21-10-8-20(9-11-21)23-17(2)27/h4-11H,3,12-16H2,1-2H3,(H,23,27)(H,24,28). The summed E-state index contributed by atoms with van der Waals surface area (Å²) in [6.07, 6.45) is 0. The molecule has 3 rings (SSSR count). The summed E-state index contributed by atoms with van der Waals surface area (Å²) in [5, 5.41) is 5.52. The molecule has 1 aliphatic rings. The van der Waals surface area contributed by atoms with Crippen LogP contribution >= 0.6 is 0 Å². The number of rotatable bonds is 7. The Morgan fingerprint density at radius 3 is 1.94 bits per heavy atom. The third kappa shape index (κ3) is 6.36. The molecule has 2 amide bonds. The lowest BCUT2D eigenvalue weighted by atomic mass is 10.1. The molecule has 2 aromatic carbocycles. The van der Waals surface area contributed by atoms with E-state index in [1.807, 2.05) is 12.1 Å². The fourth-order valence-corrected chi connectivity index (χ4v) is 4.50. The molecule has 0 radical (unpaired) electrons. The Morgan fingerprint density at radius 2 is 1.42 bits per heavy atom. The zero-order valence-corrected chi connectivity index (χ0v) is 18.6. The summed E-state index contributed by atoms with van der Waals surface area (Å²) >= 11 is 0. The van der Waals surface area contributed by atoms with Crippen molar-refractivity contribution in [3.8, 4) is 0 Å². The number of nitrogens with zero attached hydrogens (tertiary/aromatic N) is 2. The van der Waals surface area contributed by atoms with Crippen LogP contribution in [0.15, 0.2) is 48.5 Å². The Bertz CT molecular complexity index is 1010. The van der Waals surface area contributed by atoms with Gasteiger partial charge < -0.3 is 10.6 Å². The largest absolute Gasteiger partial charge is 0.326 e.